The van der Waals surface area contributed by atoms with E-state index in [0.717, 1.165) is 16.6 Å². The Hall–Kier alpha value is -3.35. The number of nitrogens with one attached hydrogen (secondary N) is 2. The van der Waals surface area contributed by atoms with Gasteiger partial charge in [-0.15, -0.1) is 0 Å². The van der Waals surface area contributed by atoms with Crippen molar-refractivity contribution in [1.29, 1.82) is 0 Å². The molecule has 2 N–H and O–H groups in total. The summed E-state index contributed by atoms with van der Waals surface area (Å²) < 4.78 is 6.62. The van der Waals surface area contributed by atoms with E-state index in [1.807, 2.05) is 54.6 Å². The predicted molar refractivity (Wildman–Crippen MR) is 93.3 cm³/mol. The first-order valence-electron chi connectivity index (χ1n) is 7.83. The SMILES string of the molecule is C[C@H](NC(=O)OCc1ccccc1)C(=O)Nn1cnc2ccccc21. The average molecular weight is 338 g/mol. The molecule has 0 fully saturated rings. The fourth-order valence-corrected chi connectivity index (χ4v) is 2.27. The number of hydrogen-bond donors (Lipinski definition) is 2. The summed E-state index contributed by atoms with van der Waals surface area (Å²) in [5, 5.41) is 2.50. The van der Waals surface area contributed by atoms with E-state index in [9.17, 15) is 9.59 Å². The molecule has 7 nitrogen and oxygen atoms in total. The van der Waals surface area contributed by atoms with Crippen LogP contribution in [0.3, 0.4) is 0 Å². The van der Waals surface area contributed by atoms with Crippen LogP contribution < -0.4 is 10.7 Å². The van der Waals surface area contributed by atoms with E-state index in [2.05, 4.69) is 15.7 Å². The van der Waals surface area contributed by atoms with Crippen molar-refractivity contribution in [3.63, 3.8) is 0 Å². The first kappa shape index (κ1) is 16.5. The molecule has 3 aromatic rings. The Labute approximate surface area is 144 Å². The Kier molecular flexibility index (Phi) is 4.94. The lowest BCUT2D eigenvalue weighted by Gasteiger charge is -2.15. The van der Waals surface area contributed by atoms with E-state index in [1.54, 1.807) is 6.92 Å². The van der Waals surface area contributed by atoms with Crippen molar-refractivity contribution in [2.75, 3.05) is 5.43 Å². The lowest BCUT2D eigenvalue weighted by molar-refractivity contribution is -0.118. The number of carbonyl (C=O) groups is 2. The van der Waals surface area contributed by atoms with Crippen LogP contribution in [0.1, 0.15) is 12.5 Å². The van der Waals surface area contributed by atoms with Gasteiger partial charge in [-0.2, -0.15) is 0 Å². The monoisotopic (exact) mass is 338 g/mol. The Morgan fingerprint density at radius 1 is 1.12 bits per heavy atom. The van der Waals surface area contributed by atoms with Crippen molar-refractivity contribution < 1.29 is 14.3 Å². The van der Waals surface area contributed by atoms with Crippen molar-refractivity contribution in [2.45, 2.75) is 19.6 Å². The van der Waals surface area contributed by atoms with Gasteiger partial charge < -0.3 is 10.1 Å². The molecule has 1 atom stereocenters. The van der Waals surface area contributed by atoms with Crippen LogP contribution in [0.25, 0.3) is 11.0 Å². The molecule has 1 heterocycles. The number of nitrogens with zero attached hydrogens (tertiary/aromatic N) is 2. The summed E-state index contributed by atoms with van der Waals surface area (Å²) in [6.07, 6.45) is 0.866. The molecule has 0 aliphatic heterocycles. The number of imidazole rings is 1. The minimum Gasteiger partial charge on any atom is -0.445 e. The Bertz CT molecular complexity index is 876. The average Bonchev–Trinajstić information content (AvgIpc) is 3.04. The molecule has 0 saturated carbocycles. The van der Waals surface area contributed by atoms with Crippen molar-refractivity contribution in [2.24, 2.45) is 0 Å². The summed E-state index contributed by atoms with van der Waals surface area (Å²) in [6.45, 7) is 1.73. The first-order chi connectivity index (χ1) is 12.1. The van der Waals surface area contributed by atoms with Gasteiger partial charge >= 0.3 is 6.09 Å². The maximum Gasteiger partial charge on any atom is 0.408 e. The second-order valence-electron chi connectivity index (χ2n) is 5.51. The van der Waals surface area contributed by atoms with Crippen LogP contribution in [0.2, 0.25) is 0 Å². The van der Waals surface area contributed by atoms with Crippen LogP contribution in [0.15, 0.2) is 60.9 Å². The first-order valence-corrected chi connectivity index (χ1v) is 7.83. The highest BCUT2D eigenvalue weighted by molar-refractivity contribution is 5.92. The van der Waals surface area contributed by atoms with Crippen molar-refractivity contribution in [3.05, 3.63) is 66.5 Å². The van der Waals surface area contributed by atoms with Crippen LogP contribution >= 0.6 is 0 Å². The molecule has 128 valence electrons. The second kappa shape index (κ2) is 7.48. The van der Waals surface area contributed by atoms with E-state index in [0.29, 0.717) is 0 Å². The van der Waals surface area contributed by atoms with Crippen molar-refractivity contribution >= 4 is 23.0 Å². The summed E-state index contributed by atoms with van der Waals surface area (Å²) >= 11 is 0. The highest BCUT2D eigenvalue weighted by Gasteiger charge is 2.17. The number of aromatic nitrogens is 2. The number of alkyl carbamates (subject to hydrolysis) is 1. The van der Waals surface area contributed by atoms with Crippen LogP contribution in [0.4, 0.5) is 4.79 Å². The third-order valence-corrected chi connectivity index (χ3v) is 3.62. The topological polar surface area (TPSA) is 85.2 Å². The predicted octanol–water partition coefficient (Wildman–Crippen LogP) is 2.42. The summed E-state index contributed by atoms with van der Waals surface area (Å²) in [5.74, 6) is -0.375. The fourth-order valence-electron chi connectivity index (χ4n) is 2.27. The van der Waals surface area contributed by atoms with Gasteiger partial charge in [0.25, 0.3) is 5.91 Å². The number of carbonyl (C=O) groups excluding carboxylic acids is 2. The largest absolute Gasteiger partial charge is 0.445 e. The minimum atomic E-state index is -0.760. The van der Waals surface area contributed by atoms with Gasteiger partial charge in [-0.1, -0.05) is 42.5 Å². The van der Waals surface area contributed by atoms with Gasteiger partial charge in [0, 0.05) is 0 Å². The minimum absolute atomic E-state index is 0.146. The Morgan fingerprint density at radius 3 is 2.64 bits per heavy atom. The normalized spacial score (nSPS) is 11.7. The number of ether oxygens (including phenoxy) is 1. The summed E-state index contributed by atoms with van der Waals surface area (Å²) in [7, 11) is 0. The van der Waals surface area contributed by atoms with E-state index >= 15 is 0 Å². The lowest BCUT2D eigenvalue weighted by atomic mass is 10.2. The van der Waals surface area contributed by atoms with Crippen molar-refractivity contribution in [1.82, 2.24) is 15.0 Å². The Balaban J connectivity index is 1.53. The molecule has 0 spiro atoms. The molecule has 25 heavy (non-hydrogen) atoms. The maximum atomic E-state index is 12.2. The third kappa shape index (κ3) is 4.14. The van der Waals surface area contributed by atoms with Crippen molar-refractivity contribution in [3.8, 4) is 0 Å². The molecule has 2 aromatic carbocycles. The molecule has 0 unspecified atom stereocenters. The number of amides is 2. The van der Waals surface area contributed by atoms with Gasteiger partial charge in [-0.05, 0) is 24.6 Å². The van der Waals surface area contributed by atoms with Gasteiger partial charge in [-0.25, -0.2) is 14.5 Å². The quantitative estimate of drug-likeness (QED) is 0.748. The van der Waals surface area contributed by atoms with E-state index in [-0.39, 0.29) is 12.5 Å². The Morgan fingerprint density at radius 2 is 1.84 bits per heavy atom. The van der Waals surface area contributed by atoms with E-state index < -0.39 is 12.1 Å². The van der Waals surface area contributed by atoms with Crippen LogP contribution in [0, 0.1) is 0 Å². The zero-order valence-electron chi connectivity index (χ0n) is 13.7. The number of para-hydroxylation sites is 2. The van der Waals surface area contributed by atoms with Gasteiger partial charge in [-0.3, -0.25) is 10.2 Å². The standard InChI is InChI=1S/C18H18N4O3/c1-13(20-18(24)25-11-14-7-3-2-4-8-14)17(23)21-22-12-19-15-9-5-6-10-16(15)22/h2-10,12-13H,11H2,1H3,(H,20,24)(H,21,23)/t13-/m0/s1. The van der Waals surface area contributed by atoms with E-state index in [4.69, 9.17) is 4.74 Å². The van der Waals surface area contributed by atoms with E-state index in [1.165, 1.54) is 11.0 Å². The highest BCUT2D eigenvalue weighted by atomic mass is 16.5. The van der Waals surface area contributed by atoms with Gasteiger partial charge in [0.15, 0.2) is 0 Å². The molecule has 0 aliphatic carbocycles. The molecular formula is C18H18N4O3. The molecule has 0 saturated heterocycles. The van der Waals surface area contributed by atoms with Crippen LogP contribution in [-0.4, -0.2) is 27.7 Å². The van der Waals surface area contributed by atoms with Gasteiger partial charge in [0.05, 0.1) is 11.0 Å². The fraction of sp³-hybridized carbons (Fsp3) is 0.167. The third-order valence-electron chi connectivity index (χ3n) is 3.62. The zero-order chi connectivity index (χ0) is 17.6. The second-order valence-corrected chi connectivity index (χ2v) is 5.51. The molecule has 0 radical (unpaired) electrons. The summed E-state index contributed by atoms with van der Waals surface area (Å²) in [5.41, 5.74) is 5.11. The molecule has 7 heteroatoms. The number of fused-ring (bicyclic) bond motifs is 1. The smallest absolute Gasteiger partial charge is 0.408 e. The summed E-state index contributed by atoms with van der Waals surface area (Å²) in [4.78, 5) is 28.2. The molecule has 0 bridgehead atoms. The maximum absolute atomic E-state index is 12.2. The molecule has 1 aromatic heterocycles. The molecule has 3 rings (SSSR count). The van der Waals surface area contributed by atoms with Gasteiger partial charge in [0.2, 0.25) is 0 Å². The van der Waals surface area contributed by atoms with Gasteiger partial charge in [0.1, 0.15) is 19.0 Å². The zero-order valence-corrected chi connectivity index (χ0v) is 13.7. The molecular weight excluding hydrogens is 320 g/mol. The number of rotatable bonds is 5. The summed E-state index contributed by atoms with van der Waals surface area (Å²) in [6, 6.07) is 16.0. The molecule has 0 aliphatic rings. The van der Waals surface area contributed by atoms with Crippen LogP contribution in [-0.2, 0) is 16.1 Å². The number of hydrogen-bond acceptors (Lipinski definition) is 4. The number of benzene rings is 2. The highest BCUT2D eigenvalue weighted by Crippen LogP contribution is 2.10. The molecule has 2 amide bonds. The lowest BCUT2D eigenvalue weighted by Crippen LogP contribution is -2.43. The van der Waals surface area contributed by atoms with Crippen LogP contribution in [0.5, 0.6) is 0 Å².